The van der Waals surface area contributed by atoms with Crippen LogP contribution in [0.1, 0.15) is 0 Å². The maximum absolute atomic E-state index is 11.9. The van der Waals surface area contributed by atoms with Gasteiger partial charge in [0, 0.05) is 14.2 Å². The third-order valence-electron chi connectivity index (χ3n) is 2.58. The second-order valence-electron chi connectivity index (χ2n) is 3.66. The topological polar surface area (TPSA) is 69.7 Å². The van der Waals surface area contributed by atoms with Crippen molar-refractivity contribution in [1.82, 2.24) is 4.98 Å². The Morgan fingerprint density at radius 2 is 2.05 bits per heavy atom. The third-order valence-corrected chi connectivity index (χ3v) is 5.21. The van der Waals surface area contributed by atoms with E-state index in [4.69, 9.17) is 13.8 Å². The maximum atomic E-state index is 11.9. The molecule has 1 aromatic carbocycles. The quantitative estimate of drug-likeness (QED) is 0.827. The molecule has 1 N–H and O–H groups in total. The molecule has 0 amide bonds. The Balaban J connectivity index is 2.15. The smallest absolute Gasteiger partial charge is 0.349 e. The van der Waals surface area contributed by atoms with E-state index < -0.39 is 7.60 Å². The van der Waals surface area contributed by atoms with Gasteiger partial charge in [-0.15, -0.1) is 0 Å². The van der Waals surface area contributed by atoms with Crippen LogP contribution in [-0.4, -0.2) is 32.6 Å². The molecule has 2 rings (SSSR count). The Morgan fingerprint density at radius 3 is 2.68 bits per heavy atom. The molecule has 0 atom stereocenters. The SMILES string of the molecule is COc1ccc2nc(NCP(=O)(OC)OC)sc2c1. The molecule has 0 spiro atoms. The van der Waals surface area contributed by atoms with Crippen molar-refractivity contribution in [1.29, 1.82) is 0 Å². The van der Waals surface area contributed by atoms with Crippen LogP contribution in [0.15, 0.2) is 18.2 Å². The van der Waals surface area contributed by atoms with Crippen LogP contribution in [0.4, 0.5) is 5.13 Å². The normalized spacial score (nSPS) is 11.7. The highest BCUT2D eigenvalue weighted by molar-refractivity contribution is 7.53. The highest BCUT2D eigenvalue weighted by atomic mass is 32.1. The zero-order valence-corrected chi connectivity index (χ0v) is 12.6. The van der Waals surface area contributed by atoms with E-state index >= 15 is 0 Å². The molecule has 0 unspecified atom stereocenters. The van der Waals surface area contributed by atoms with E-state index in [0.717, 1.165) is 16.0 Å². The highest BCUT2D eigenvalue weighted by Crippen LogP contribution is 2.46. The standard InChI is InChI=1S/C11H15N2O4PS/c1-15-8-4-5-9-10(6-8)19-11(13-9)12-7-18(14,16-2)17-3/h4-6H,7H2,1-3H3,(H,12,13). The summed E-state index contributed by atoms with van der Waals surface area (Å²) in [6.45, 7) is 0. The third kappa shape index (κ3) is 3.25. The molecule has 0 fully saturated rings. The summed E-state index contributed by atoms with van der Waals surface area (Å²) in [5, 5.41) is 3.63. The van der Waals surface area contributed by atoms with Gasteiger partial charge in [0.1, 0.15) is 12.0 Å². The minimum atomic E-state index is -3.07. The Morgan fingerprint density at radius 1 is 1.32 bits per heavy atom. The van der Waals surface area contributed by atoms with Gasteiger partial charge in [-0.1, -0.05) is 11.3 Å². The largest absolute Gasteiger partial charge is 0.497 e. The number of anilines is 1. The first-order valence-electron chi connectivity index (χ1n) is 5.49. The average molecular weight is 302 g/mol. The lowest BCUT2D eigenvalue weighted by Gasteiger charge is -2.13. The molecule has 0 saturated heterocycles. The Bertz CT molecular complexity index is 608. The van der Waals surface area contributed by atoms with Gasteiger partial charge in [0.25, 0.3) is 0 Å². The lowest BCUT2D eigenvalue weighted by molar-refractivity contribution is 0.278. The fourth-order valence-corrected chi connectivity index (χ4v) is 3.22. The number of ether oxygens (including phenoxy) is 1. The van der Waals surface area contributed by atoms with Crippen molar-refractivity contribution < 1.29 is 18.3 Å². The molecule has 2 aromatic rings. The molecule has 1 aromatic heterocycles. The molecule has 0 aliphatic carbocycles. The van der Waals surface area contributed by atoms with Gasteiger partial charge >= 0.3 is 7.60 Å². The second kappa shape index (κ2) is 5.88. The second-order valence-corrected chi connectivity index (χ2v) is 6.96. The molecule has 0 saturated carbocycles. The number of hydrogen-bond acceptors (Lipinski definition) is 7. The highest BCUT2D eigenvalue weighted by Gasteiger charge is 2.21. The first-order valence-corrected chi connectivity index (χ1v) is 8.03. The monoisotopic (exact) mass is 302 g/mol. The first kappa shape index (κ1) is 14.3. The molecular formula is C11H15N2O4PS. The van der Waals surface area contributed by atoms with Crippen molar-refractivity contribution in [2.24, 2.45) is 0 Å². The molecule has 0 aliphatic rings. The van der Waals surface area contributed by atoms with Crippen molar-refractivity contribution in [2.45, 2.75) is 0 Å². The minimum Gasteiger partial charge on any atom is -0.497 e. The number of aromatic nitrogens is 1. The summed E-state index contributed by atoms with van der Waals surface area (Å²) >= 11 is 1.45. The van der Waals surface area contributed by atoms with Crippen LogP contribution in [0.2, 0.25) is 0 Å². The van der Waals surface area contributed by atoms with Gasteiger partial charge in [0.15, 0.2) is 5.13 Å². The molecular weight excluding hydrogens is 287 g/mol. The van der Waals surface area contributed by atoms with E-state index in [1.807, 2.05) is 18.2 Å². The molecule has 0 bridgehead atoms. The predicted octanol–water partition coefficient (Wildman–Crippen LogP) is 3.16. The zero-order valence-electron chi connectivity index (χ0n) is 10.9. The molecule has 0 aliphatic heterocycles. The summed E-state index contributed by atoms with van der Waals surface area (Å²) < 4.78 is 27.7. The Kier molecular flexibility index (Phi) is 4.42. The first-order chi connectivity index (χ1) is 9.10. The van der Waals surface area contributed by atoms with Gasteiger partial charge < -0.3 is 19.1 Å². The van der Waals surface area contributed by atoms with Crippen LogP contribution in [-0.2, 0) is 13.6 Å². The number of rotatable bonds is 6. The van der Waals surface area contributed by atoms with Gasteiger partial charge in [-0.25, -0.2) is 4.98 Å². The minimum absolute atomic E-state index is 0.0803. The van der Waals surface area contributed by atoms with E-state index in [1.165, 1.54) is 25.6 Å². The summed E-state index contributed by atoms with van der Waals surface area (Å²) in [7, 11) is 1.26. The number of benzene rings is 1. The van der Waals surface area contributed by atoms with Crippen molar-refractivity contribution >= 4 is 34.3 Å². The number of hydrogen-bond donors (Lipinski definition) is 1. The summed E-state index contributed by atoms with van der Waals surface area (Å²) in [5.74, 6) is 0.780. The van der Waals surface area contributed by atoms with Crippen molar-refractivity contribution in [3.63, 3.8) is 0 Å². The number of thiazole rings is 1. The summed E-state index contributed by atoms with van der Waals surface area (Å²) in [6, 6.07) is 5.63. The van der Waals surface area contributed by atoms with Crippen LogP contribution in [0.3, 0.4) is 0 Å². The van der Waals surface area contributed by atoms with E-state index in [2.05, 4.69) is 10.3 Å². The number of fused-ring (bicyclic) bond motifs is 1. The van der Waals surface area contributed by atoms with Gasteiger partial charge in [-0.05, 0) is 18.2 Å². The van der Waals surface area contributed by atoms with E-state index in [0.29, 0.717) is 5.13 Å². The van der Waals surface area contributed by atoms with Crippen LogP contribution < -0.4 is 10.1 Å². The van der Waals surface area contributed by atoms with E-state index in [9.17, 15) is 4.57 Å². The molecule has 0 radical (unpaired) electrons. The summed E-state index contributed by atoms with van der Waals surface area (Å²) in [4.78, 5) is 4.38. The molecule has 104 valence electrons. The molecule has 1 heterocycles. The lowest BCUT2D eigenvalue weighted by atomic mass is 10.3. The Labute approximate surface area is 115 Å². The van der Waals surface area contributed by atoms with Gasteiger partial charge in [-0.3, -0.25) is 4.57 Å². The fourth-order valence-electron chi connectivity index (χ4n) is 1.48. The van der Waals surface area contributed by atoms with Crippen LogP contribution in [0, 0.1) is 0 Å². The van der Waals surface area contributed by atoms with Crippen molar-refractivity contribution in [2.75, 3.05) is 32.9 Å². The van der Waals surface area contributed by atoms with Crippen molar-refractivity contribution in [3.8, 4) is 5.75 Å². The summed E-state index contributed by atoms with van der Waals surface area (Å²) in [6.07, 6.45) is 0.0803. The molecule has 19 heavy (non-hydrogen) atoms. The van der Waals surface area contributed by atoms with Crippen LogP contribution in [0.25, 0.3) is 10.2 Å². The van der Waals surface area contributed by atoms with E-state index in [1.54, 1.807) is 7.11 Å². The van der Waals surface area contributed by atoms with Crippen LogP contribution in [0.5, 0.6) is 5.75 Å². The maximum Gasteiger partial charge on any atom is 0.349 e. The van der Waals surface area contributed by atoms with Gasteiger partial charge in [-0.2, -0.15) is 0 Å². The van der Waals surface area contributed by atoms with Gasteiger partial charge in [0.05, 0.1) is 17.3 Å². The lowest BCUT2D eigenvalue weighted by Crippen LogP contribution is -2.04. The number of methoxy groups -OCH3 is 1. The van der Waals surface area contributed by atoms with Crippen molar-refractivity contribution in [3.05, 3.63) is 18.2 Å². The molecule has 8 heteroatoms. The van der Waals surface area contributed by atoms with Gasteiger partial charge in [0.2, 0.25) is 0 Å². The number of nitrogens with one attached hydrogen (secondary N) is 1. The molecule has 6 nitrogen and oxygen atoms in total. The predicted molar refractivity (Wildman–Crippen MR) is 76.3 cm³/mol. The fraction of sp³-hybridized carbons (Fsp3) is 0.364. The Hall–Kier alpha value is -1.14. The average Bonchev–Trinajstić information content (AvgIpc) is 2.86. The van der Waals surface area contributed by atoms with E-state index in [-0.39, 0.29) is 6.29 Å². The van der Waals surface area contributed by atoms with Crippen LogP contribution >= 0.6 is 18.9 Å². The number of nitrogens with zero attached hydrogens (tertiary/aromatic N) is 1. The zero-order chi connectivity index (χ0) is 13.9. The summed E-state index contributed by atoms with van der Waals surface area (Å²) in [5.41, 5.74) is 0.859.